The molecule has 2 N–H and O–H groups in total. The molecule has 0 radical (unpaired) electrons. The van der Waals surface area contributed by atoms with E-state index in [4.69, 9.17) is 14.2 Å². The zero-order chi connectivity index (χ0) is 22.3. The second kappa shape index (κ2) is 13.0. The van der Waals surface area contributed by atoms with Gasteiger partial charge in [-0.2, -0.15) is 0 Å². The van der Waals surface area contributed by atoms with Crippen LogP contribution in [0.1, 0.15) is 51.2 Å². The van der Waals surface area contributed by atoms with Gasteiger partial charge in [-0.05, 0) is 43.2 Å². The number of hydrogen-bond donors (Lipinski definition) is 2. The molecule has 182 valence electrons. The van der Waals surface area contributed by atoms with Gasteiger partial charge in [-0.25, -0.2) is 0 Å². The Morgan fingerprint density at radius 3 is 2.69 bits per heavy atom. The average Bonchev–Trinajstić information content (AvgIpc) is 3.26. The van der Waals surface area contributed by atoms with E-state index in [0.717, 1.165) is 56.5 Å². The van der Waals surface area contributed by atoms with E-state index in [2.05, 4.69) is 61.5 Å². The molecule has 0 amide bonds. The molecule has 2 aliphatic heterocycles. The molecule has 3 rings (SSSR count). The Morgan fingerprint density at radius 1 is 1.19 bits per heavy atom. The van der Waals surface area contributed by atoms with Crippen molar-refractivity contribution < 1.29 is 14.2 Å². The fourth-order valence-corrected chi connectivity index (χ4v) is 4.50. The van der Waals surface area contributed by atoms with E-state index >= 15 is 0 Å². The van der Waals surface area contributed by atoms with Gasteiger partial charge in [0.1, 0.15) is 5.75 Å². The molecule has 1 aromatic carbocycles. The maximum atomic E-state index is 6.18. The van der Waals surface area contributed by atoms with Crippen LogP contribution in [0.5, 0.6) is 5.75 Å². The van der Waals surface area contributed by atoms with Crippen molar-refractivity contribution in [2.24, 2.45) is 22.2 Å². The zero-order valence-electron chi connectivity index (χ0n) is 20.4. The van der Waals surface area contributed by atoms with Crippen LogP contribution in [0.2, 0.25) is 0 Å². The van der Waals surface area contributed by atoms with Gasteiger partial charge in [0.05, 0.1) is 19.3 Å². The third kappa shape index (κ3) is 8.06. The largest absolute Gasteiger partial charge is 0.493 e. The van der Waals surface area contributed by atoms with Crippen LogP contribution >= 0.6 is 24.0 Å². The van der Waals surface area contributed by atoms with Crippen molar-refractivity contribution in [2.45, 2.75) is 59.6 Å². The Morgan fingerprint density at radius 2 is 2.00 bits per heavy atom. The molecule has 3 unspecified atom stereocenters. The Kier molecular flexibility index (Phi) is 11.0. The van der Waals surface area contributed by atoms with Crippen LogP contribution in [0.25, 0.3) is 0 Å². The maximum absolute atomic E-state index is 6.18. The van der Waals surface area contributed by atoms with Crippen molar-refractivity contribution in [1.82, 2.24) is 10.6 Å². The summed E-state index contributed by atoms with van der Waals surface area (Å²) in [6, 6.07) is 6.39. The van der Waals surface area contributed by atoms with E-state index in [1.807, 2.05) is 7.05 Å². The highest BCUT2D eigenvalue weighted by Crippen LogP contribution is 2.33. The zero-order valence-corrected chi connectivity index (χ0v) is 22.7. The van der Waals surface area contributed by atoms with Gasteiger partial charge in [0.2, 0.25) is 0 Å². The van der Waals surface area contributed by atoms with Gasteiger partial charge in [0.25, 0.3) is 0 Å². The molecular weight excluding hydrogens is 517 g/mol. The summed E-state index contributed by atoms with van der Waals surface area (Å²) in [6.07, 6.45) is 3.66. The number of halogens is 1. The maximum Gasteiger partial charge on any atom is 0.191 e. The number of benzene rings is 1. The number of aliphatic imine (C=N–C) groups is 1. The predicted octanol–water partition coefficient (Wildman–Crippen LogP) is 4.53. The van der Waals surface area contributed by atoms with Gasteiger partial charge in [-0.3, -0.25) is 4.99 Å². The van der Waals surface area contributed by atoms with Crippen LogP contribution in [0, 0.1) is 24.2 Å². The molecule has 2 aliphatic rings. The van der Waals surface area contributed by atoms with Crippen LogP contribution < -0.4 is 15.4 Å². The summed E-state index contributed by atoms with van der Waals surface area (Å²) in [7, 11) is 1.82. The minimum atomic E-state index is 0. The third-order valence-corrected chi connectivity index (χ3v) is 6.22. The first-order valence-electron chi connectivity index (χ1n) is 11.7. The molecule has 32 heavy (non-hydrogen) atoms. The van der Waals surface area contributed by atoms with Crippen LogP contribution in [0.4, 0.5) is 0 Å². The second-order valence-corrected chi connectivity index (χ2v) is 10.0. The van der Waals surface area contributed by atoms with E-state index < -0.39 is 0 Å². The van der Waals surface area contributed by atoms with Crippen molar-refractivity contribution in [2.75, 3.05) is 40.0 Å². The molecule has 0 saturated carbocycles. The first kappa shape index (κ1) is 27.2. The van der Waals surface area contributed by atoms with Gasteiger partial charge in [0.15, 0.2) is 5.96 Å². The van der Waals surface area contributed by atoms with Crippen LogP contribution in [-0.4, -0.2) is 52.1 Å². The van der Waals surface area contributed by atoms with Crippen LogP contribution in [-0.2, 0) is 16.0 Å². The standard InChI is InChI=1S/C25H41N3O3.HI/c1-18-8-9-20(22(13-18)31-17-19-10-12-29-16-19)14-27-24(26-5)28-15-21-7-6-11-30-23(21)25(2,3)4;/h8-9,13,19,21,23H,6-7,10-12,14-17H2,1-5H3,(H2,26,27,28);1H. The van der Waals surface area contributed by atoms with E-state index in [1.54, 1.807) is 0 Å². The van der Waals surface area contributed by atoms with Crippen molar-refractivity contribution in [3.63, 3.8) is 0 Å². The van der Waals surface area contributed by atoms with E-state index in [-0.39, 0.29) is 35.5 Å². The molecule has 1 aromatic rings. The molecule has 6 nitrogen and oxygen atoms in total. The monoisotopic (exact) mass is 559 g/mol. The number of hydrogen-bond acceptors (Lipinski definition) is 4. The number of guanidine groups is 1. The molecule has 0 aromatic heterocycles. The number of rotatable bonds is 7. The van der Waals surface area contributed by atoms with Gasteiger partial charge in [-0.1, -0.05) is 32.9 Å². The molecule has 2 fully saturated rings. The van der Waals surface area contributed by atoms with Crippen molar-refractivity contribution in [3.05, 3.63) is 29.3 Å². The Hall–Kier alpha value is -1.06. The van der Waals surface area contributed by atoms with E-state index in [1.165, 1.54) is 12.0 Å². The quantitative estimate of drug-likeness (QED) is 0.292. The van der Waals surface area contributed by atoms with Gasteiger partial charge in [0, 0.05) is 50.8 Å². The molecule has 2 saturated heterocycles. The van der Waals surface area contributed by atoms with Gasteiger partial charge < -0.3 is 24.8 Å². The molecule has 7 heteroatoms. The van der Waals surface area contributed by atoms with E-state index in [9.17, 15) is 0 Å². The van der Waals surface area contributed by atoms with Gasteiger partial charge in [-0.15, -0.1) is 24.0 Å². The Bertz CT molecular complexity index is 730. The first-order chi connectivity index (χ1) is 14.9. The van der Waals surface area contributed by atoms with Crippen molar-refractivity contribution >= 4 is 29.9 Å². The lowest BCUT2D eigenvalue weighted by molar-refractivity contribution is -0.0835. The highest BCUT2D eigenvalue weighted by molar-refractivity contribution is 14.0. The van der Waals surface area contributed by atoms with Crippen LogP contribution in [0.15, 0.2) is 23.2 Å². The van der Waals surface area contributed by atoms with E-state index in [0.29, 0.717) is 25.0 Å². The Balaban J connectivity index is 0.00000363. The summed E-state index contributed by atoms with van der Waals surface area (Å²) in [5, 5.41) is 6.98. The number of ether oxygens (including phenoxy) is 3. The summed E-state index contributed by atoms with van der Waals surface area (Å²) >= 11 is 0. The highest BCUT2D eigenvalue weighted by atomic mass is 127. The molecular formula is C25H42IN3O3. The Labute approximate surface area is 211 Å². The van der Waals surface area contributed by atoms with Crippen molar-refractivity contribution in [3.8, 4) is 5.75 Å². The number of nitrogens with one attached hydrogen (secondary N) is 2. The fourth-order valence-electron chi connectivity index (χ4n) is 4.50. The average molecular weight is 560 g/mol. The smallest absolute Gasteiger partial charge is 0.191 e. The molecule has 0 bridgehead atoms. The van der Waals surface area contributed by atoms with Crippen molar-refractivity contribution in [1.29, 1.82) is 0 Å². The molecule has 2 heterocycles. The SMILES string of the molecule is CN=C(NCc1ccc(C)cc1OCC1CCOC1)NCC1CCCOC1C(C)(C)C.I. The van der Waals surface area contributed by atoms with Crippen LogP contribution in [0.3, 0.4) is 0 Å². The highest BCUT2D eigenvalue weighted by Gasteiger charge is 2.35. The second-order valence-electron chi connectivity index (χ2n) is 10.0. The summed E-state index contributed by atoms with van der Waals surface area (Å²) in [6.45, 7) is 13.6. The summed E-state index contributed by atoms with van der Waals surface area (Å²) in [4.78, 5) is 4.43. The fraction of sp³-hybridized carbons (Fsp3) is 0.720. The lowest BCUT2D eigenvalue weighted by atomic mass is 9.78. The summed E-state index contributed by atoms with van der Waals surface area (Å²) in [5.74, 6) is 2.74. The molecule has 3 atom stereocenters. The van der Waals surface area contributed by atoms with Gasteiger partial charge >= 0.3 is 0 Å². The lowest BCUT2D eigenvalue weighted by Gasteiger charge is -2.40. The predicted molar refractivity (Wildman–Crippen MR) is 141 cm³/mol. The molecule has 0 spiro atoms. The normalized spacial score (nSPS) is 24.0. The summed E-state index contributed by atoms with van der Waals surface area (Å²) in [5.41, 5.74) is 2.48. The number of nitrogens with zero attached hydrogens (tertiary/aromatic N) is 1. The topological polar surface area (TPSA) is 64.1 Å². The summed E-state index contributed by atoms with van der Waals surface area (Å²) < 4.78 is 17.8. The minimum Gasteiger partial charge on any atom is -0.493 e. The number of aryl methyl sites for hydroxylation is 1. The third-order valence-electron chi connectivity index (χ3n) is 6.22. The lowest BCUT2D eigenvalue weighted by Crippen LogP contribution is -2.47. The molecule has 0 aliphatic carbocycles. The first-order valence-corrected chi connectivity index (χ1v) is 11.7. The minimum absolute atomic E-state index is 0.